The molecule has 0 aliphatic heterocycles. The molecule has 106 valence electrons. The molecule has 0 aromatic heterocycles. The molecular weight excluding hydrogens is 248 g/mol. The number of carbonyl (C=O) groups excluding carboxylic acids is 1. The van der Waals surface area contributed by atoms with E-state index in [2.05, 4.69) is 0 Å². The summed E-state index contributed by atoms with van der Waals surface area (Å²) in [5.41, 5.74) is -0.0457. The van der Waals surface area contributed by atoms with Crippen molar-refractivity contribution in [3.8, 4) is 0 Å². The van der Waals surface area contributed by atoms with Crippen molar-refractivity contribution in [3.05, 3.63) is 35.4 Å². The molecule has 1 rings (SSSR count). The quantitative estimate of drug-likeness (QED) is 0.735. The molecule has 19 heavy (non-hydrogen) atoms. The number of Topliss-reactive ketones (excluding diaryl/α,β-unsaturated/α-hetero) is 1. The van der Waals surface area contributed by atoms with Crippen LogP contribution in [0.1, 0.15) is 44.5 Å². The monoisotopic (exact) mass is 269 g/mol. The number of halogens is 2. The molecule has 1 aromatic rings. The molecule has 0 N–H and O–H groups in total. The lowest BCUT2D eigenvalue weighted by molar-refractivity contribution is 0.0778. The summed E-state index contributed by atoms with van der Waals surface area (Å²) in [5, 5.41) is 0. The van der Waals surface area contributed by atoms with Gasteiger partial charge in [0.2, 0.25) is 0 Å². The normalized spacial score (nSPS) is 14.5. The van der Waals surface area contributed by atoms with Crippen LogP contribution in [-0.2, 0) is 0 Å². The first-order valence-corrected chi connectivity index (χ1v) is 6.67. The Morgan fingerprint density at radius 3 is 2.37 bits per heavy atom. The fraction of sp³-hybridized carbons (Fsp3) is 0.533. The summed E-state index contributed by atoms with van der Waals surface area (Å²) in [6, 6.07) is 2.91. The minimum absolute atomic E-state index is 0.0457. The minimum atomic E-state index is -0.794. The highest BCUT2D eigenvalue weighted by Gasteiger charge is 2.26. The van der Waals surface area contributed by atoms with E-state index in [1.165, 1.54) is 6.07 Å². The van der Waals surface area contributed by atoms with Gasteiger partial charge in [-0.15, -0.1) is 0 Å². The molecule has 0 radical (unpaired) electrons. The van der Waals surface area contributed by atoms with Crippen LogP contribution in [0, 0.1) is 11.6 Å². The SMILES string of the molecule is CCC(C)N(CC)C(C)C(=O)c1ccc(F)cc1F. The molecule has 2 unspecified atom stereocenters. The maximum atomic E-state index is 13.6. The molecule has 0 saturated heterocycles. The predicted molar refractivity (Wildman–Crippen MR) is 72.3 cm³/mol. The van der Waals surface area contributed by atoms with Crippen molar-refractivity contribution < 1.29 is 13.6 Å². The van der Waals surface area contributed by atoms with Gasteiger partial charge in [-0.3, -0.25) is 9.69 Å². The Bertz CT molecular complexity index is 448. The first-order valence-electron chi connectivity index (χ1n) is 6.67. The molecule has 0 heterocycles. The number of likely N-dealkylation sites (N-methyl/N-ethyl adjacent to an activating group) is 1. The van der Waals surface area contributed by atoms with Crippen LogP contribution in [0.5, 0.6) is 0 Å². The number of hydrogen-bond donors (Lipinski definition) is 0. The predicted octanol–water partition coefficient (Wildman–Crippen LogP) is 3.66. The van der Waals surface area contributed by atoms with Crippen molar-refractivity contribution in [1.82, 2.24) is 4.90 Å². The van der Waals surface area contributed by atoms with Crippen molar-refractivity contribution >= 4 is 5.78 Å². The zero-order valence-electron chi connectivity index (χ0n) is 11.9. The number of carbonyl (C=O) groups is 1. The summed E-state index contributed by atoms with van der Waals surface area (Å²) in [6.45, 7) is 8.53. The average Bonchev–Trinajstić information content (AvgIpc) is 2.38. The highest BCUT2D eigenvalue weighted by atomic mass is 19.1. The van der Waals surface area contributed by atoms with E-state index in [1.54, 1.807) is 6.92 Å². The van der Waals surface area contributed by atoms with Crippen molar-refractivity contribution in [2.24, 2.45) is 0 Å². The summed E-state index contributed by atoms with van der Waals surface area (Å²) in [5.74, 6) is -1.77. The van der Waals surface area contributed by atoms with Gasteiger partial charge in [-0.25, -0.2) is 8.78 Å². The van der Waals surface area contributed by atoms with Gasteiger partial charge in [0, 0.05) is 12.1 Å². The number of hydrogen-bond acceptors (Lipinski definition) is 2. The van der Waals surface area contributed by atoms with E-state index < -0.39 is 17.7 Å². The van der Waals surface area contributed by atoms with Gasteiger partial charge in [0.1, 0.15) is 11.6 Å². The molecule has 2 nitrogen and oxygen atoms in total. The maximum absolute atomic E-state index is 13.6. The molecular formula is C15H21F2NO. The summed E-state index contributed by atoms with van der Waals surface area (Å²) in [4.78, 5) is 14.3. The molecule has 0 fully saturated rings. The molecule has 0 bridgehead atoms. The second kappa shape index (κ2) is 6.75. The third kappa shape index (κ3) is 3.60. The van der Waals surface area contributed by atoms with Gasteiger partial charge in [0.15, 0.2) is 5.78 Å². The fourth-order valence-corrected chi connectivity index (χ4v) is 2.27. The van der Waals surface area contributed by atoms with Gasteiger partial charge in [0.05, 0.1) is 11.6 Å². The highest BCUT2D eigenvalue weighted by molar-refractivity contribution is 6.00. The molecule has 2 atom stereocenters. The number of rotatable bonds is 6. The summed E-state index contributed by atoms with van der Waals surface area (Å²) >= 11 is 0. The zero-order valence-corrected chi connectivity index (χ0v) is 11.9. The van der Waals surface area contributed by atoms with Crippen LogP contribution in [0.25, 0.3) is 0 Å². The average molecular weight is 269 g/mol. The van der Waals surface area contributed by atoms with Crippen LogP contribution in [0.4, 0.5) is 8.78 Å². The second-order valence-electron chi connectivity index (χ2n) is 4.75. The van der Waals surface area contributed by atoms with Gasteiger partial charge in [0.25, 0.3) is 0 Å². The van der Waals surface area contributed by atoms with E-state index in [4.69, 9.17) is 0 Å². The molecule has 0 spiro atoms. The fourth-order valence-electron chi connectivity index (χ4n) is 2.27. The Hall–Kier alpha value is -1.29. The Morgan fingerprint density at radius 1 is 1.26 bits per heavy atom. The lowest BCUT2D eigenvalue weighted by Gasteiger charge is -2.32. The lowest BCUT2D eigenvalue weighted by Crippen LogP contribution is -2.44. The van der Waals surface area contributed by atoms with Crippen molar-refractivity contribution in [1.29, 1.82) is 0 Å². The van der Waals surface area contributed by atoms with Crippen LogP contribution in [0.2, 0.25) is 0 Å². The Labute approximate surface area is 113 Å². The van der Waals surface area contributed by atoms with E-state index in [0.717, 1.165) is 18.6 Å². The van der Waals surface area contributed by atoms with Gasteiger partial charge in [-0.1, -0.05) is 13.8 Å². The van der Waals surface area contributed by atoms with E-state index >= 15 is 0 Å². The largest absolute Gasteiger partial charge is 0.292 e. The smallest absolute Gasteiger partial charge is 0.182 e. The maximum Gasteiger partial charge on any atom is 0.182 e. The van der Waals surface area contributed by atoms with Crippen molar-refractivity contribution in [3.63, 3.8) is 0 Å². The number of nitrogens with zero attached hydrogens (tertiary/aromatic N) is 1. The van der Waals surface area contributed by atoms with Crippen LogP contribution < -0.4 is 0 Å². The topological polar surface area (TPSA) is 20.3 Å². The highest BCUT2D eigenvalue weighted by Crippen LogP contribution is 2.17. The standard InChI is InChI=1S/C15H21F2NO/c1-5-10(3)18(6-2)11(4)15(19)13-8-7-12(16)9-14(13)17/h7-11H,5-6H2,1-4H3. The number of benzene rings is 1. The third-order valence-electron chi connectivity index (χ3n) is 3.60. The zero-order chi connectivity index (χ0) is 14.6. The van der Waals surface area contributed by atoms with Gasteiger partial charge in [-0.2, -0.15) is 0 Å². The minimum Gasteiger partial charge on any atom is -0.292 e. The molecule has 0 aliphatic rings. The van der Waals surface area contributed by atoms with Crippen LogP contribution in [-0.4, -0.2) is 29.3 Å². The van der Waals surface area contributed by atoms with Gasteiger partial charge >= 0.3 is 0 Å². The Morgan fingerprint density at radius 2 is 1.89 bits per heavy atom. The summed E-state index contributed by atoms with van der Waals surface area (Å²) in [6.07, 6.45) is 0.914. The Balaban J connectivity index is 2.98. The van der Waals surface area contributed by atoms with Crippen molar-refractivity contribution in [2.45, 2.75) is 46.2 Å². The van der Waals surface area contributed by atoms with E-state index in [9.17, 15) is 13.6 Å². The number of ketones is 1. The second-order valence-corrected chi connectivity index (χ2v) is 4.75. The lowest BCUT2D eigenvalue weighted by atomic mass is 10.0. The first-order chi connectivity index (χ1) is 8.92. The summed E-state index contributed by atoms with van der Waals surface area (Å²) < 4.78 is 26.5. The van der Waals surface area contributed by atoms with E-state index in [0.29, 0.717) is 6.54 Å². The van der Waals surface area contributed by atoms with E-state index in [1.807, 2.05) is 25.7 Å². The van der Waals surface area contributed by atoms with Crippen LogP contribution >= 0.6 is 0 Å². The molecule has 0 saturated carbocycles. The Kier molecular flexibility index (Phi) is 5.60. The third-order valence-corrected chi connectivity index (χ3v) is 3.60. The van der Waals surface area contributed by atoms with E-state index in [-0.39, 0.29) is 17.4 Å². The molecule has 4 heteroatoms. The molecule has 0 aliphatic carbocycles. The van der Waals surface area contributed by atoms with Crippen LogP contribution in [0.15, 0.2) is 18.2 Å². The van der Waals surface area contributed by atoms with Gasteiger partial charge < -0.3 is 0 Å². The summed E-state index contributed by atoms with van der Waals surface area (Å²) in [7, 11) is 0. The van der Waals surface area contributed by atoms with Gasteiger partial charge in [-0.05, 0) is 38.9 Å². The van der Waals surface area contributed by atoms with Crippen LogP contribution in [0.3, 0.4) is 0 Å². The molecule has 1 aromatic carbocycles. The van der Waals surface area contributed by atoms with Crippen molar-refractivity contribution in [2.75, 3.05) is 6.54 Å². The molecule has 0 amide bonds. The first kappa shape index (κ1) is 15.8.